The number of aromatic nitrogens is 1. The Morgan fingerprint density at radius 1 is 1.25 bits per heavy atom. The predicted molar refractivity (Wildman–Crippen MR) is 95.9 cm³/mol. The zero-order valence-corrected chi connectivity index (χ0v) is 14.2. The first kappa shape index (κ1) is 16.2. The van der Waals surface area contributed by atoms with Gasteiger partial charge in [0.2, 0.25) is 0 Å². The second-order valence-corrected chi connectivity index (χ2v) is 6.52. The van der Waals surface area contributed by atoms with E-state index in [1.165, 1.54) is 23.5 Å². The van der Waals surface area contributed by atoms with E-state index in [-0.39, 0.29) is 5.75 Å². The Bertz CT molecular complexity index is 940. The number of anilines is 1. The first-order valence-corrected chi connectivity index (χ1v) is 8.09. The molecule has 3 aromatic rings. The lowest BCUT2D eigenvalue weighted by Crippen LogP contribution is -2.10. The van der Waals surface area contributed by atoms with Gasteiger partial charge in [0, 0.05) is 24.0 Å². The van der Waals surface area contributed by atoms with E-state index in [0.29, 0.717) is 18.0 Å². The number of halogens is 1. The van der Waals surface area contributed by atoms with Gasteiger partial charge in [-0.05, 0) is 32.3 Å². The number of hydrogen-bond donors (Lipinski definition) is 1. The van der Waals surface area contributed by atoms with E-state index < -0.39 is 5.82 Å². The number of hydrogen-bond acceptors (Lipinski definition) is 5. The molecule has 4 nitrogen and oxygen atoms in total. The van der Waals surface area contributed by atoms with Crippen LogP contribution >= 0.6 is 11.3 Å². The number of fused-ring (bicyclic) bond motifs is 1. The van der Waals surface area contributed by atoms with Gasteiger partial charge in [-0.3, -0.25) is 9.88 Å². The van der Waals surface area contributed by atoms with Gasteiger partial charge in [-0.25, -0.2) is 4.39 Å². The van der Waals surface area contributed by atoms with Crippen molar-refractivity contribution in [2.45, 2.75) is 0 Å². The van der Waals surface area contributed by atoms with Gasteiger partial charge in [-0.2, -0.15) is 0 Å². The van der Waals surface area contributed by atoms with E-state index in [1.54, 1.807) is 18.3 Å². The van der Waals surface area contributed by atoms with Crippen molar-refractivity contribution in [1.82, 2.24) is 9.88 Å². The molecular weight excluding hydrogens is 325 g/mol. The van der Waals surface area contributed by atoms with Crippen LogP contribution in [-0.2, 0) is 0 Å². The molecule has 2 aromatic heterocycles. The van der Waals surface area contributed by atoms with E-state index in [1.807, 2.05) is 25.1 Å². The summed E-state index contributed by atoms with van der Waals surface area (Å²) in [5.41, 5.74) is 6.70. The second kappa shape index (κ2) is 6.87. The zero-order valence-electron chi connectivity index (χ0n) is 13.3. The Morgan fingerprint density at radius 2 is 2.08 bits per heavy atom. The summed E-state index contributed by atoms with van der Waals surface area (Å²) in [7, 11) is 3.93. The molecule has 0 fully saturated rings. The highest BCUT2D eigenvalue weighted by Crippen LogP contribution is 2.35. The molecule has 0 spiro atoms. The highest BCUT2D eigenvalue weighted by molar-refractivity contribution is 7.19. The molecule has 0 saturated heterocycles. The van der Waals surface area contributed by atoms with Crippen molar-refractivity contribution in [2.24, 2.45) is 0 Å². The SMILES string of the molecule is CN(C)CC#Cc1cc2nccc(Oc3ccc(N)cc3F)c2s1. The summed E-state index contributed by atoms with van der Waals surface area (Å²) >= 11 is 1.48. The largest absolute Gasteiger partial charge is 0.453 e. The normalized spacial score (nSPS) is 10.7. The Hall–Kier alpha value is -2.62. The van der Waals surface area contributed by atoms with Gasteiger partial charge in [-0.1, -0.05) is 11.8 Å². The van der Waals surface area contributed by atoms with Gasteiger partial charge < -0.3 is 10.5 Å². The molecule has 0 bridgehead atoms. The summed E-state index contributed by atoms with van der Waals surface area (Å²) in [6.07, 6.45) is 1.64. The van der Waals surface area contributed by atoms with Gasteiger partial charge >= 0.3 is 0 Å². The van der Waals surface area contributed by atoms with Gasteiger partial charge in [0.1, 0.15) is 5.75 Å². The lowest BCUT2D eigenvalue weighted by molar-refractivity contribution is 0.447. The van der Waals surface area contributed by atoms with Crippen molar-refractivity contribution in [3.05, 3.63) is 47.2 Å². The minimum Gasteiger partial charge on any atom is -0.453 e. The van der Waals surface area contributed by atoms with E-state index in [4.69, 9.17) is 10.5 Å². The molecule has 0 amide bonds. The van der Waals surface area contributed by atoms with Crippen LogP contribution in [0.3, 0.4) is 0 Å². The highest BCUT2D eigenvalue weighted by atomic mass is 32.1. The minimum absolute atomic E-state index is 0.130. The van der Waals surface area contributed by atoms with Crippen molar-refractivity contribution >= 4 is 27.2 Å². The standard InChI is InChI=1S/C18H16FN3OS/c1-22(2)9-3-4-13-11-15-18(24-13)17(7-8-21-15)23-16-6-5-12(20)10-14(16)19/h5-8,10-11H,9,20H2,1-2H3. The molecule has 0 radical (unpaired) electrons. The molecule has 0 aliphatic rings. The monoisotopic (exact) mass is 341 g/mol. The Kier molecular flexibility index (Phi) is 4.65. The summed E-state index contributed by atoms with van der Waals surface area (Å²) in [4.78, 5) is 7.22. The summed E-state index contributed by atoms with van der Waals surface area (Å²) in [5.74, 6) is 6.39. The second-order valence-electron chi connectivity index (χ2n) is 5.47. The molecule has 1 aromatic carbocycles. The quantitative estimate of drug-likeness (QED) is 0.583. The lowest BCUT2D eigenvalue weighted by Gasteiger charge is -2.07. The van der Waals surface area contributed by atoms with Crippen molar-refractivity contribution < 1.29 is 9.13 Å². The number of pyridine rings is 1. The first-order valence-electron chi connectivity index (χ1n) is 7.28. The number of rotatable bonds is 3. The van der Waals surface area contributed by atoms with Crippen molar-refractivity contribution in [3.63, 3.8) is 0 Å². The first-order chi connectivity index (χ1) is 11.5. The fourth-order valence-electron chi connectivity index (χ4n) is 2.06. The Morgan fingerprint density at radius 3 is 2.83 bits per heavy atom. The molecule has 0 aliphatic carbocycles. The molecule has 0 saturated carbocycles. The predicted octanol–water partition coefficient (Wildman–Crippen LogP) is 3.72. The van der Waals surface area contributed by atoms with E-state index in [0.717, 1.165) is 15.1 Å². The van der Waals surface area contributed by atoms with Crippen LogP contribution in [0.15, 0.2) is 36.5 Å². The van der Waals surface area contributed by atoms with E-state index in [9.17, 15) is 4.39 Å². The van der Waals surface area contributed by atoms with Crippen LogP contribution in [-0.4, -0.2) is 30.5 Å². The molecule has 24 heavy (non-hydrogen) atoms. The molecule has 2 N–H and O–H groups in total. The molecule has 0 atom stereocenters. The summed E-state index contributed by atoms with van der Waals surface area (Å²) in [6, 6.07) is 7.98. The number of thiophene rings is 1. The molecular formula is C18H16FN3OS. The minimum atomic E-state index is -0.498. The van der Waals surface area contributed by atoms with Crippen LogP contribution in [0.25, 0.3) is 10.2 Å². The molecule has 3 rings (SSSR count). The topological polar surface area (TPSA) is 51.4 Å². The van der Waals surface area contributed by atoms with Crippen molar-refractivity contribution in [1.29, 1.82) is 0 Å². The molecule has 2 heterocycles. The molecule has 0 aliphatic heterocycles. The van der Waals surface area contributed by atoms with Crippen LogP contribution in [0.4, 0.5) is 10.1 Å². The number of nitrogens with zero attached hydrogens (tertiary/aromatic N) is 2. The van der Waals surface area contributed by atoms with Gasteiger partial charge in [0.05, 0.1) is 21.6 Å². The highest BCUT2D eigenvalue weighted by Gasteiger charge is 2.11. The average Bonchev–Trinajstić information content (AvgIpc) is 2.93. The zero-order chi connectivity index (χ0) is 17.1. The van der Waals surface area contributed by atoms with Crippen LogP contribution in [0.5, 0.6) is 11.5 Å². The fourth-order valence-corrected chi connectivity index (χ4v) is 3.00. The van der Waals surface area contributed by atoms with E-state index in [2.05, 4.69) is 16.8 Å². The summed E-state index contributed by atoms with van der Waals surface area (Å²) < 4.78 is 20.5. The number of benzene rings is 1. The molecule has 0 unspecified atom stereocenters. The van der Waals surface area contributed by atoms with Gasteiger partial charge in [-0.15, -0.1) is 11.3 Å². The van der Waals surface area contributed by atoms with Gasteiger partial charge in [0.15, 0.2) is 11.6 Å². The molecule has 122 valence electrons. The fraction of sp³-hybridized carbons (Fsp3) is 0.167. The summed E-state index contributed by atoms with van der Waals surface area (Å²) in [6.45, 7) is 0.682. The van der Waals surface area contributed by atoms with Crippen molar-refractivity contribution in [3.8, 4) is 23.3 Å². The van der Waals surface area contributed by atoms with E-state index >= 15 is 0 Å². The Labute approximate surface area is 143 Å². The molecule has 6 heteroatoms. The number of nitrogen functional groups attached to an aromatic ring is 1. The maximum atomic E-state index is 13.9. The third kappa shape index (κ3) is 3.65. The van der Waals surface area contributed by atoms with Crippen LogP contribution in [0.1, 0.15) is 4.88 Å². The smallest absolute Gasteiger partial charge is 0.167 e. The van der Waals surface area contributed by atoms with Crippen LogP contribution in [0.2, 0.25) is 0 Å². The maximum Gasteiger partial charge on any atom is 0.167 e. The van der Waals surface area contributed by atoms with Crippen LogP contribution in [0, 0.1) is 17.7 Å². The Balaban J connectivity index is 1.93. The average molecular weight is 341 g/mol. The van der Waals surface area contributed by atoms with Crippen molar-refractivity contribution in [2.75, 3.05) is 26.4 Å². The number of ether oxygens (including phenoxy) is 1. The summed E-state index contributed by atoms with van der Waals surface area (Å²) in [5, 5.41) is 0. The van der Waals surface area contributed by atoms with Gasteiger partial charge in [0.25, 0.3) is 0 Å². The maximum absolute atomic E-state index is 13.9. The third-order valence-electron chi connectivity index (χ3n) is 3.16. The van der Waals surface area contributed by atoms with Crippen LogP contribution < -0.4 is 10.5 Å². The third-order valence-corrected chi connectivity index (χ3v) is 4.21. The number of nitrogens with two attached hydrogens (primary N) is 1. The lowest BCUT2D eigenvalue weighted by atomic mass is 10.3.